The van der Waals surface area contributed by atoms with Gasteiger partial charge in [-0.1, -0.05) is 35.3 Å². The number of halogens is 2. The van der Waals surface area contributed by atoms with Crippen molar-refractivity contribution < 1.29 is 23.8 Å². The van der Waals surface area contributed by atoms with E-state index in [9.17, 15) is 9.59 Å². The van der Waals surface area contributed by atoms with Crippen molar-refractivity contribution in [3.05, 3.63) is 57.6 Å². The largest absolute Gasteiger partial charge is 0.493 e. The molecule has 2 amide bonds. The van der Waals surface area contributed by atoms with Crippen molar-refractivity contribution in [2.24, 2.45) is 5.10 Å². The predicted molar refractivity (Wildman–Crippen MR) is 122 cm³/mol. The van der Waals surface area contributed by atoms with Crippen molar-refractivity contribution in [1.82, 2.24) is 10.7 Å². The molecule has 1 aliphatic heterocycles. The van der Waals surface area contributed by atoms with Crippen LogP contribution in [-0.2, 0) is 20.9 Å². The van der Waals surface area contributed by atoms with Crippen LogP contribution in [0.15, 0.2) is 41.5 Å². The van der Waals surface area contributed by atoms with Crippen LogP contribution in [0.2, 0.25) is 10.0 Å². The van der Waals surface area contributed by atoms with E-state index < -0.39 is 11.8 Å². The summed E-state index contributed by atoms with van der Waals surface area (Å²) >= 11 is 12.4. The van der Waals surface area contributed by atoms with Gasteiger partial charge < -0.3 is 19.5 Å². The minimum Gasteiger partial charge on any atom is -0.493 e. The molecule has 0 bridgehead atoms. The van der Waals surface area contributed by atoms with Crippen molar-refractivity contribution >= 4 is 41.2 Å². The van der Waals surface area contributed by atoms with Crippen molar-refractivity contribution in [1.29, 1.82) is 0 Å². The first kappa shape index (κ1) is 23.8. The molecule has 1 heterocycles. The van der Waals surface area contributed by atoms with Crippen molar-refractivity contribution in [2.75, 3.05) is 20.3 Å². The molecule has 3 rings (SSSR count). The Kier molecular flexibility index (Phi) is 8.72. The Labute approximate surface area is 195 Å². The van der Waals surface area contributed by atoms with E-state index in [2.05, 4.69) is 15.8 Å². The molecule has 1 fully saturated rings. The van der Waals surface area contributed by atoms with E-state index in [-0.39, 0.29) is 19.3 Å². The quantitative estimate of drug-likeness (QED) is 0.343. The molecular weight excluding hydrogens is 457 g/mol. The topological polar surface area (TPSA) is 98.2 Å². The lowest BCUT2D eigenvalue weighted by Crippen LogP contribution is -2.41. The lowest BCUT2D eigenvalue weighted by atomic mass is 10.2. The molecule has 8 nitrogen and oxygen atoms in total. The highest BCUT2D eigenvalue weighted by molar-refractivity contribution is 6.36. The Hall–Kier alpha value is -2.81. The fourth-order valence-electron chi connectivity index (χ4n) is 3.07. The number of benzene rings is 2. The van der Waals surface area contributed by atoms with Crippen LogP contribution < -0.4 is 20.2 Å². The highest BCUT2D eigenvalue weighted by Gasteiger charge is 2.19. The Morgan fingerprint density at radius 2 is 1.94 bits per heavy atom. The smallest absolute Gasteiger partial charge is 0.329 e. The molecule has 2 aromatic rings. The monoisotopic (exact) mass is 479 g/mol. The third kappa shape index (κ3) is 6.35. The van der Waals surface area contributed by atoms with Gasteiger partial charge in [-0.25, -0.2) is 5.43 Å². The molecule has 0 unspecified atom stereocenters. The Balaban J connectivity index is 1.63. The molecule has 2 aromatic carbocycles. The van der Waals surface area contributed by atoms with Crippen LogP contribution in [0.25, 0.3) is 0 Å². The van der Waals surface area contributed by atoms with Crippen LogP contribution in [0.5, 0.6) is 11.5 Å². The molecule has 0 radical (unpaired) electrons. The van der Waals surface area contributed by atoms with Crippen molar-refractivity contribution in [3.63, 3.8) is 0 Å². The zero-order valence-electron chi connectivity index (χ0n) is 17.4. The fourth-order valence-corrected chi connectivity index (χ4v) is 3.57. The molecule has 10 heteroatoms. The molecule has 0 saturated carbocycles. The number of hydrogen-bond acceptors (Lipinski definition) is 6. The van der Waals surface area contributed by atoms with E-state index in [1.165, 1.54) is 13.3 Å². The average Bonchev–Trinajstić information content (AvgIpc) is 3.31. The maximum absolute atomic E-state index is 12.0. The van der Waals surface area contributed by atoms with Gasteiger partial charge in [-0.05, 0) is 37.1 Å². The van der Waals surface area contributed by atoms with Crippen LogP contribution in [0, 0.1) is 0 Å². The molecule has 1 aliphatic rings. The van der Waals surface area contributed by atoms with E-state index >= 15 is 0 Å². The number of carbonyl (C=O) groups is 2. The van der Waals surface area contributed by atoms with Gasteiger partial charge in [0.05, 0.1) is 19.4 Å². The first-order valence-corrected chi connectivity index (χ1v) is 10.7. The van der Waals surface area contributed by atoms with Crippen LogP contribution >= 0.6 is 23.2 Å². The summed E-state index contributed by atoms with van der Waals surface area (Å²) in [6.07, 6.45) is 3.11. The Morgan fingerprint density at radius 1 is 1.19 bits per heavy atom. The number of para-hydroxylation sites is 1. The first-order valence-electron chi connectivity index (χ1n) is 9.95. The number of methoxy groups -OCH3 is 1. The molecule has 1 atom stereocenters. The van der Waals surface area contributed by atoms with Crippen LogP contribution in [0.3, 0.4) is 0 Å². The molecule has 2 N–H and O–H groups in total. The van der Waals surface area contributed by atoms with Crippen molar-refractivity contribution in [3.8, 4) is 11.5 Å². The summed E-state index contributed by atoms with van der Waals surface area (Å²) in [5.41, 5.74) is 3.35. The Morgan fingerprint density at radius 3 is 2.62 bits per heavy atom. The standard InChI is InChI=1S/C22H23Cl2N3O5/c1-30-19-9-2-5-14(20(19)32-13-16-17(23)7-3-8-18(16)24)11-26-27-22(29)21(28)25-12-15-6-4-10-31-15/h2-3,5,7-9,11,15H,4,6,10,12-13H2,1H3,(H,25,28)(H,27,29)/b26-11-/t15-/m1/s1. The van der Waals surface area contributed by atoms with E-state index in [0.717, 1.165) is 12.8 Å². The van der Waals surface area contributed by atoms with Gasteiger partial charge in [-0.2, -0.15) is 5.10 Å². The first-order chi connectivity index (χ1) is 15.5. The number of nitrogens with one attached hydrogen (secondary N) is 2. The third-order valence-electron chi connectivity index (χ3n) is 4.74. The predicted octanol–water partition coefficient (Wildman–Crippen LogP) is 3.33. The van der Waals surface area contributed by atoms with Gasteiger partial charge in [0.1, 0.15) is 6.61 Å². The van der Waals surface area contributed by atoms with Crippen LogP contribution in [0.4, 0.5) is 0 Å². The van der Waals surface area contributed by atoms with Gasteiger partial charge in [-0.3, -0.25) is 9.59 Å². The summed E-state index contributed by atoms with van der Waals surface area (Å²) in [4.78, 5) is 23.9. The SMILES string of the molecule is COc1cccc(/C=N\NC(=O)C(=O)NC[C@H]2CCCO2)c1OCc1c(Cl)cccc1Cl. The minimum absolute atomic E-state index is 0.0571. The molecule has 1 saturated heterocycles. The van der Waals surface area contributed by atoms with Crippen LogP contribution in [0.1, 0.15) is 24.0 Å². The number of carbonyl (C=O) groups excluding carboxylic acids is 2. The highest BCUT2D eigenvalue weighted by Crippen LogP contribution is 2.32. The second-order valence-corrected chi connectivity index (χ2v) is 7.73. The second kappa shape index (κ2) is 11.7. The summed E-state index contributed by atoms with van der Waals surface area (Å²) < 4.78 is 16.7. The number of hydrazone groups is 1. The lowest BCUT2D eigenvalue weighted by Gasteiger charge is -2.14. The fraction of sp³-hybridized carbons (Fsp3) is 0.318. The number of nitrogens with zero attached hydrogens (tertiary/aromatic N) is 1. The van der Waals surface area contributed by atoms with Gasteiger partial charge in [0.25, 0.3) is 0 Å². The van der Waals surface area contributed by atoms with Gasteiger partial charge in [0.2, 0.25) is 0 Å². The number of rotatable bonds is 8. The molecule has 0 aromatic heterocycles. The molecule has 32 heavy (non-hydrogen) atoms. The second-order valence-electron chi connectivity index (χ2n) is 6.91. The molecular formula is C22H23Cl2N3O5. The summed E-state index contributed by atoms with van der Waals surface area (Å²) in [6.45, 7) is 1.05. The van der Waals surface area contributed by atoms with Crippen LogP contribution in [-0.4, -0.2) is 44.4 Å². The van der Waals surface area contributed by atoms with E-state index in [1.54, 1.807) is 36.4 Å². The van der Waals surface area contributed by atoms with E-state index in [0.29, 0.717) is 39.3 Å². The van der Waals surface area contributed by atoms with Gasteiger partial charge >= 0.3 is 11.8 Å². The van der Waals surface area contributed by atoms with Gasteiger partial charge in [0.15, 0.2) is 11.5 Å². The summed E-state index contributed by atoms with van der Waals surface area (Å²) in [7, 11) is 1.51. The lowest BCUT2D eigenvalue weighted by molar-refractivity contribution is -0.139. The summed E-state index contributed by atoms with van der Waals surface area (Å²) in [5.74, 6) is -0.829. The van der Waals surface area contributed by atoms with Crippen molar-refractivity contribution in [2.45, 2.75) is 25.6 Å². The average molecular weight is 480 g/mol. The number of amides is 2. The minimum atomic E-state index is -0.882. The molecule has 170 valence electrons. The van der Waals surface area contributed by atoms with E-state index in [4.69, 9.17) is 37.4 Å². The van der Waals surface area contributed by atoms with Gasteiger partial charge in [0, 0.05) is 34.3 Å². The third-order valence-corrected chi connectivity index (χ3v) is 5.45. The zero-order chi connectivity index (χ0) is 22.9. The normalized spacial score (nSPS) is 15.5. The molecule has 0 spiro atoms. The van der Waals surface area contributed by atoms with Gasteiger partial charge in [-0.15, -0.1) is 0 Å². The maximum atomic E-state index is 12.0. The Bertz CT molecular complexity index is 973. The zero-order valence-corrected chi connectivity index (χ0v) is 18.9. The summed E-state index contributed by atoms with van der Waals surface area (Å²) in [6, 6.07) is 10.4. The maximum Gasteiger partial charge on any atom is 0.329 e. The summed E-state index contributed by atoms with van der Waals surface area (Å²) in [5, 5.41) is 7.35. The number of ether oxygens (including phenoxy) is 3. The van der Waals surface area contributed by atoms with E-state index in [1.807, 2.05) is 0 Å². The number of hydrogen-bond donors (Lipinski definition) is 2. The highest BCUT2D eigenvalue weighted by atomic mass is 35.5. The molecule has 0 aliphatic carbocycles.